The Bertz CT molecular complexity index is 507. The third-order valence-corrected chi connectivity index (χ3v) is 8.01. The molecular formula is C14H21N2S3-. The second-order valence-corrected chi connectivity index (χ2v) is 9.86. The first-order valence-electron chi connectivity index (χ1n) is 6.47. The zero-order valence-corrected chi connectivity index (χ0v) is 13.9. The maximum Gasteiger partial charge on any atom is 0.0233 e. The average Bonchev–Trinajstić information content (AvgIpc) is 2.64. The van der Waals surface area contributed by atoms with E-state index in [9.17, 15) is 0 Å². The second-order valence-electron chi connectivity index (χ2n) is 5.86. The van der Waals surface area contributed by atoms with Gasteiger partial charge in [0, 0.05) is 13.1 Å². The molecule has 2 atom stereocenters. The topological polar surface area (TPSA) is 29.3 Å². The summed E-state index contributed by atoms with van der Waals surface area (Å²) in [6.07, 6.45) is 0. The van der Waals surface area contributed by atoms with Gasteiger partial charge in [-0.25, -0.2) is 0 Å². The summed E-state index contributed by atoms with van der Waals surface area (Å²) in [5.41, 5.74) is 7.38. The van der Waals surface area contributed by atoms with Crippen LogP contribution in [0.3, 0.4) is 0 Å². The standard InChI is InChI=1S/C14H21N2S3/c1-13(9-15)10-16(11-14(13,2)19(17)18)8-12-6-4-3-5-7-12/h3-7H,8-11,15H2,1-2H3/q-1. The summed E-state index contributed by atoms with van der Waals surface area (Å²) in [6, 6.07) is 10.5. The van der Waals surface area contributed by atoms with E-state index < -0.39 is 8.01 Å². The van der Waals surface area contributed by atoms with E-state index in [1.165, 1.54) is 5.56 Å². The van der Waals surface area contributed by atoms with E-state index >= 15 is 0 Å². The van der Waals surface area contributed by atoms with E-state index in [1.807, 2.05) is 6.07 Å². The van der Waals surface area contributed by atoms with Gasteiger partial charge in [0.15, 0.2) is 0 Å². The molecule has 1 aromatic rings. The molecule has 1 aromatic carbocycles. The summed E-state index contributed by atoms with van der Waals surface area (Å²) in [7, 11) is -0.459. The summed E-state index contributed by atoms with van der Waals surface area (Å²) in [5, 5.41) is 0. The molecule has 1 heterocycles. The number of nitrogens with two attached hydrogens (primary N) is 1. The lowest BCUT2D eigenvalue weighted by Crippen LogP contribution is -2.48. The van der Waals surface area contributed by atoms with Crippen LogP contribution in [-0.4, -0.2) is 29.3 Å². The van der Waals surface area contributed by atoms with Crippen LogP contribution < -0.4 is 5.73 Å². The molecule has 0 aromatic heterocycles. The molecule has 2 unspecified atom stereocenters. The zero-order chi connectivity index (χ0) is 14.1. The molecule has 0 bridgehead atoms. The molecule has 0 amide bonds. The lowest BCUT2D eigenvalue weighted by molar-refractivity contribution is 0.267. The molecule has 0 saturated carbocycles. The van der Waals surface area contributed by atoms with Crippen LogP contribution in [0.5, 0.6) is 0 Å². The third-order valence-electron chi connectivity index (χ3n) is 4.44. The van der Waals surface area contributed by atoms with Gasteiger partial charge in [0.1, 0.15) is 0 Å². The van der Waals surface area contributed by atoms with Crippen molar-refractivity contribution in [1.82, 2.24) is 4.90 Å². The van der Waals surface area contributed by atoms with E-state index in [0.29, 0.717) is 6.54 Å². The monoisotopic (exact) mass is 313 g/mol. The van der Waals surface area contributed by atoms with Gasteiger partial charge < -0.3 is 13.7 Å². The van der Waals surface area contributed by atoms with Crippen molar-refractivity contribution in [2.75, 3.05) is 19.6 Å². The zero-order valence-electron chi connectivity index (χ0n) is 11.5. The van der Waals surface area contributed by atoms with Gasteiger partial charge in [0.2, 0.25) is 0 Å². The fraction of sp³-hybridized carbons (Fsp3) is 0.571. The first kappa shape index (κ1) is 15.3. The van der Waals surface area contributed by atoms with Crippen LogP contribution >= 0.6 is 0 Å². The van der Waals surface area contributed by atoms with E-state index in [2.05, 4.69) is 43.0 Å². The number of benzene rings is 1. The van der Waals surface area contributed by atoms with Gasteiger partial charge in [-0.1, -0.05) is 48.9 Å². The Kier molecular flexibility index (Phi) is 4.63. The number of nitrogens with zero attached hydrogens (tertiary/aromatic N) is 1. The van der Waals surface area contributed by atoms with E-state index in [0.717, 1.165) is 19.6 Å². The van der Waals surface area contributed by atoms with Crippen molar-refractivity contribution in [3.63, 3.8) is 0 Å². The Morgan fingerprint density at radius 2 is 1.84 bits per heavy atom. The number of hydrogen-bond acceptors (Lipinski definition) is 5. The van der Waals surface area contributed by atoms with E-state index in [-0.39, 0.29) is 10.2 Å². The summed E-state index contributed by atoms with van der Waals surface area (Å²) in [6.45, 7) is 7.97. The normalized spacial score (nSPS) is 32.0. The van der Waals surface area contributed by atoms with Crippen LogP contribution in [-0.2, 0) is 36.9 Å². The molecule has 1 aliphatic heterocycles. The fourth-order valence-electron chi connectivity index (χ4n) is 2.82. The number of hydrogen-bond donors (Lipinski definition) is 1. The predicted molar refractivity (Wildman–Crippen MR) is 89.4 cm³/mol. The molecule has 2 rings (SSSR count). The largest absolute Gasteiger partial charge is 0.340 e. The highest BCUT2D eigenvalue weighted by Crippen LogP contribution is 2.41. The molecule has 0 aliphatic carbocycles. The molecule has 2 nitrogen and oxygen atoms in total. The smallest absolute Gasteiger partial charge is 0.0233 e. The van der Waals surface area contributed by atoms with Crippen LogP contribution in [0.1, 0.15) is 19.4 Å². The molecule has 1 aliphatic rings. The van der Waals surface area contributed by atoms with Gasteiger partial charge in [0.25, 0.3) is 0 Å². The highest BCUT2D eigenvalue weighted by molar-refractivity contribution is 8.47. The number of likely N-dealkylation sites (tertiary alicyclic amines) is 1. The minimum Gasteiger partial charge on any atom is -0.340 e. The Balaban J connectivity index is 2.20. The SMILES string of the molecule is CC1(CN)CN(Cc2ccccc2)CC1(C)[S-](=S)=S. The van der Waals surface area contributed by atoms with Gasteiger partial charge >= 0.3 is 0 Å². The third kappa shape index (κ3) is 2.85. The molecule has 5 heteroatoms. The molecule has 0 spiro atoms. The summed E-state index contributed by atoms with van der Waals surface area (Å²) >= 11 is 10.9. The van der Waals surface area contributed by atoms with Crippen molar-refractivity contribution < 1.29 is 0 Å². The molecule has 1 saturated heterocycles. The molecule has 1 fully saturated rings. The molecule has 19 heavy (non-hydrogen) atoms. The van der Waals surface area contributed by atoms with Crippen LogP contribution in [0.25, 0.3) is 0 Å². The first-order chi connectivity index (χ1) is 8.91. The quantitative estimate of drug-likeness (QED) is 0.858. The van der Waals surface area contributed by atoms with Crippen molar-refractivity contribution in [1.29, 1.82) is 0 Å². The maximum absolute atomic E-state index is 6.02. The van der Waals surface area contributed by atoms with Crippen molar-refractivity contribution in [2.24, 2.45) is 11.1 Å². The van der Waals surface area contributed by atoms with Gasteiger partial charge in [0.05, 0.1) is 0 Å². The van der Waals surface area contributed by atoms with Gasteiger partial charge in [-0.2, -0.15) is 0 Å². The second kappa shape index (κ2) is 5.74. The lowest BCUT2D eigenvalue weighted by atomic mass is 9.80. The van der Waals surface area contributed by atoms with Crippen molar-refractivity contribution in [2.45, 2.75) is 25.1 Å². The summed E-state index contributed by atoms with van der Waals surface area (Å²) < 4.78 is -0.0405. The molecule has 2 N–H and O–H groups in total. The fourth-order valence-corrected chi connectivity index (χ4v) is 5.18. The van der Waals surface area contributed by atoms with Gasteiger partial charge in [-0.3, -0.25) is 27.3 Å². The Morgan fingerprint density at radius 3 is 2.32 bits per heavy atom. The van der Waals surface area contributed by atoms with Crippen molar-refractivity contribution >= 4 is 30.4 Å². The Hall–Kier alpha value is -0.0700. The highest BCUT2D eigenvalue weighted by atomic mass is 33.1. The summed E-state index contributed by atoms with van der Waals surface area (Å²) in [4.78, 5) is 2.45. The molecular weight excluding hydrogens is 292 g/mol. The molecule has 106 valence electrons. The average molecular weight is 314 g/mol. The van der Waals surface area contributed by atoms with Crippen LogP contribution in [0.15, 0.2) is 30.3 Å². The minimum atomic E-state index is -0.459. The van der Waals surface area contributed by atoms with Crippen LogP contribution in [0.2, 0.25) is 0 Å². The lowest BCUT2D eigenvalue weighted by Gasteiger charge is -2.44. The Labute approximate surface area is 127 Å². The van der Waals surface area contributed by atoms with E-state index in [4.69, 9.17) is 28.1 Å². The van der Waals surface area contributed by atoms with Crippen LogP contribution in [0, 0.1) is 5.41 Å². The predicted octanol–water partition coefficient (Wildman–Crippen LogP) is 1.77. The number of rotatable bonds is 4. The van der Waals surface area contributed by atoms with Crippen molar-refractivity contribution in [3.05, 3.63) is 35.9 Å². The first-order valence-corrected chi connectivity index (χ1v) is 9.54. The van der Waals surface area contributed by atoms with Gasteiger partial charge in [-0.05, 0) is 24.1 Å². The molecule has 0 radical (unpaired) electrons. The van der Waals surface area contributed by atoms with Crippen LogP contribution in [0.4, 0.5) is 0 Å². The van der Waals surface area contributed by atoms with Gasteiger partial charge in [-0.15, -0.1) is 0 Å². The Morgan fingerprint density at radius 1 is 1.21 bits per heavy atom. The van der Waals surface area contributed by atoms with E-state index in [1.54, 1.807) is 0 Å². The highest BCUT2D eigenvalue weighted by Gasteiger charge is 2.45. The summed E-state index contributed by atoms with van der Waals surface area (Å²) in [5.74, 6) is 0. The minimum absolute atomic E-state index is 0.0222. The van der Waals surface area contributed by atoms with Crippen molar-refractivity contribution in [3.8, 4) is 0 Å². The maximum atomic E-state index is 6.02.